The minimum Gasteiger partial charge on any atom is -0.508 e. The van der Waals surface area contributed by atoms with Crippen molar-refractivity contribution in [3.63, 3.8) is 0 Å². The molecule has 0 aromatic heterocycles. The molecule has 1 aliphatic rings. The zero-order valence-corrected chi connectivity index (χ0v) is 17.5. The van der Waals surface area contributed by atoms with E-state index < -0.39 is 22.8 Å². The molecule has 1 fully saturated rings. The topological polar surface area (TPSA) is 139 Å². The zero-order valence-electron chi connectivity index (χ0n) is 17.5. The minimum absolute atomic E-state index is 0.0385. The molecule has 0 bridgehead atoms. The van der Waals surface area contributed by atoms with E-state index in [1.54, 1.807) is 36.4 Å². The normalized spacial score (nSPS) is 14.8. The Labute approximate surface area is 192 Å². The Morgan fingerprint density at radius 3 is 2.32 bits per heavy atom. The van der Waals surface area contributed by atoms with Gasteiger partial charge in [-0.25, -0.2) is 9.69 Å². The number of phenols is 1. The standard InChI is InChI=1S/C24H17N3O7/c28-19-11-9-17(10-12-19)26-23(30)20(22(29)25-24(26)31)13-16-3-1-2-4-21(16)34-14-15-5-7-18(8-6-15)27(32)33/h1-13,28H,14H2,(H,25,29,31)/b20-13+. The molecule has 4 rings (SSSR count). The number of imide groups is 2. The summed E-state index contributed by atoms with van der Waals surface area (Å²) in [6.07, 6.45) is 1.32. The van der Waals surface area contributed by atoms with Crippen LogP contribution in [0.15, 0.2) is 78.4 Å². The second-order valence-electron chi connectivity index (χ2n) is 7.22. The van der Waals surface area contributed by atoms with Crippen LogP contribution in [0.1, 0.15) is 11.1 Å². The summed E-state index contributed by atoms with van der Waals surface area (Å²) in [5.41, 5.74) is 0.968. The zero-order chi connectivity index (χ0) is 24.2. The molecule has 0 spiro atoms. The van der Waals surface area contributed by atoms with Gasteiger partial charge in [-0.2, -0.15) is 0 Å². The number of hydrogen-bond donors (Lipinski definition) is 2. The second kappa shape index (κ2) is 9.25. The van der Waals surface area contributed by atoms with E-state index in [1.165, 1.54) is 42.5 Å². The first-order valence-corrected chi connectivity index (χ1v) is 9.99. The number of phenolic OH excluding ortho intramolecular Hbond substituents is 1. The molecule has 0 aliphatic carbocycles. The molecule has 1 saturated heterocycles. The lowest BCUT2D eigenvalue weighted by atomic mass is 10.1. The molecular formula is C24H17N3O7. The van der Waals surface area contributed by atoms with E-state index in [-0.39, 0.29) is 29.3 Å². The van der Waals surface area contributed by atoms with Crippen molar-refractivity contribution in [1.82, 2.24) is 5.32 Å². The van der Waals surface area contributed by atoms with Crippen LogP contribution in [-0.2, 0) is 16.2 Å². The fourth-order valence-electron chi connectivity index (χ4n) is 3.26. The van der Waals surface area contributed by atoms with Crippen molar-refractivity contribution in [1.29, 1.82) is 0 Å². The molecule has 170 valence electrons. The number of ether oxygens (including phenoxy) is 1. The van der Waals surface area contributed by atoms with Crippen LogP contribution in [0.2, 0.25) is 0 Å². The number of carbonyl (C=O) groups excluding carboxylic acids is 3. The fraction of sp³-hybridized carbons (Fsp3) is 0.0417. The molecular weight excluding hydrogens is 442 g/mol. The number of benzene rings is 3. The third-order valence-corrected chi connectivity index (χ3v) is 4.97. The molecule has 1 heterocycles. The molecule has 4 amide bonds. The molecule has 0 radical (unpaired) electrons. The quantitative estimate of drug-likeness (QED) is 0.249. The summed E-state index contributed by atoms with van der Waals surface area (Å²) < 4.78 is 5.82. The maximum atomic E-state index is 13.0. The summed E-state index contributed by atoms with van der Waals surface area (Å²) >= 11 is 0. The van der Waals surface area contributed by atoms with Gasteiger partial charge >= 0.3 is 6.03 Å². The van der Waals surface area contributed by atoms with Gasteiger partial charge in [0.05, 0.1) is 10.6 Å². The third kappa shape index (κ3) is 4.60. The third-order valence-electron chi connectivity index (χ3n) is 4.97. The van der Waals surface area contributed by atoms with Crippen LogP contribution in [0.3, 0.4) is 0 Å². The molecule has 10 nitrogen and oxygen atoms in total. The number of nitrogens with zero attached hydrogens (tertiary/aromatic N) is 2. The monoisotopic (exact) mass is 459 g/mol. The van der Waals surface area contributed by atoms with E-state index in [0.29, 0.717) is 16.9 Å². The van der Waals surface area contributed by atoms with Crippen LogP contribution in [0, 0.1) is 10.1 Å². The Morgan fingerprint density at radius 1 is 0.971 bits per heavy atom. The van der Waals surface area contributed by atoms with Gasteiger partial charge in [0.2, 0.25) is 0 Å². The summed E-state index contributed by atoms with van der Waals surface area (Å²) in [5, 5.41) is 22.4. The van der Waals surface area contributed by atoms with E-state index in [2.05, 4.69) is 5.32 Å². The SMILES string of the molecule is O=C1NC(=O)N(c2ccc(O)cc2)C(=O)/C1=C/c1ccccc1OCc1ccc([N+](=O)[O-])cc1. The maximum absolute atomic E-state index is 13.0. The summed E-state index contributed by atoms with van der Waals surface area (Å²) in [4.78, 5) is 48.9. The highest BCUT2D eigenvalue weighted by Gasteiger charge is 2.37. The Morgan fingerprint density at radius 2 is 1.65 bits per heavy atom. The second-order valence-corrected chi connectivity index (χ2v) is 7.22. The van der Waals surface area contributed by atoms with Gasteiger partial charge in [-0.1, -0.05) is 18.2 Å². The molecule has 0 saturated carbocycles. The van der Waals surface area contributed by atoms with Gasteiger partial charge in [0.15, 0.2) is 0 Å². The number of nitrogens with one attached hydrogen (secondary N) is 1. The van der Waals surface area contributed by atoms with Crippen molar-refractivity contribution >= 4 is 35.3 Å². The van der Waals surface area contributed by atoms with Crippen molar-refractivity contribution in [3.05, 3.63) is 99.6 Å². The smallest absolute Gasteiger partial charge is 0.335 e. The van der Waals surface area contributed by atoms with Crippen molar-refractivity contribution < 1.29 is 29.2 Å². The number of para-hydroxylation sites is 1. The summed E-state index contributed by atoms with van der Waals surface area (Å²) in [7, 11) is 0. The number of amides is 4. The van der Waals surface area contributed by atoms with Crippen LogP contribution in [0.25, 0.3) is 6.08 Å². The predicted octanol–water partition coefficient (Wildman–Crippen LogP) is 3.55. The lowest BCUT2D eigenvalue weighted by Gasteiger charge is -2.26. The number of anilines is 1. The number of hydrogen-bond acceptors (Lipinski definition) is 7. The van der Waals surface area contributed by atoms with Crippen molar-refractivity contribution in [2.75, 3.05) is 4.90 Å². The molecule has 10 heteroatoms. The van der Waals surface area contributed by atoms with Crippen LogP contribution in [0.5, 0.6) is 11.5 Å². The van der Waals surface area contributed by atoms with Crippen molar-refractivity contribution in [2.24, 2.45) is 0 Å². The molecule has 2 N–H and O–H groups in total. The number of nitro groups is 1. The first kappa shape index (κ1) is 22.2. The highest BCUT2D eigenvalue weighted by atomic mass is 16.6. The average molecular weight is 459 g/mol. The Kier molecular flexibility index (Phi) is 6.04. The van der Waals surface area contributed by atoms with Crippen molar-refractivity contribution in [2.45, 2.75) is 6.61 Å². The van der Waals surface area contributed by atoms with Crippen molar-refractivity contribution in [3.8, 4) is 11.5 Å². The molecule has 3 aromatic rings. The van der Waals surface area contributed by atoms with Crippen LogP contribution in [0.4, 0.5) is 16.2 Å². The molecule has 1 aliphatic heterocycles. The summed E-state index contributed by atoms with van der Waals surface area (Å²) in [5.74, 6) is -1.36. The van der Waals surface area contributed by atoms with Gasteiger partial charge < -0.3 is 9.84 Å². The molecule has 3 aromatic carbocycles. The van der Waals surface area contributed by atoms with Crippen LogP contribution in [-0.4, -0.2) is 27.9 Å². The summed E-state index contributed by atoms with van der Waals surface area (Å²) in [6.45, 7) is 0.0937. The van der Waals surface area contributed by atoms with E-state index in [0.717, 1.165) is 4.90 Å². The number of barbiturate groups is 1. The molecule has 0 atom stereocenters. The minimum atomic E-state index is -0.902. The van der Waals surface area contributed by atoms with Gasteiger partial charge in [0, 0.05) is 17.7 Å². The highest BCUT2D eigenvalue weighted by molar-refractivity contribution is 6.39. The fourth-order valence-corrected chi connectivity index (χ4v) is 3.26. The van der Waals surface area contributed by atoms with Gasteiger partial charge in [-0.15, -0.1) is 0 Å². The van der Waals surface area contributed by atoms with E-state index in [9.17, 15) is 29.6 Å². The Balaban J connectivity index is 1.59. The first-order chi connectivity index (χ1) is 16.3. The maximum Gasteiger partial charge on any atom is 0.335 e. The number of rotatable bonds is 6. The average Bonchev–Trinajstić information content (AvgIpc) is 2.82. The highest BCUT2D eigenvalue weighted by Crippen LogP contribution is 2.27. The number of nitro benzene ring substituents is 1. The van der Waals surface area contributed by atoms with Crippen LogP contribution >= 0.6 is 0 Å². The lowest BCUT2D eigenvalue weighted by Crippen LogP contribution is -2.54. The molecule has 34 heavy (non-hydrogen) atoms. The number of carbonyl (C=O) groups is 3. The predicted molar refractivity (Wildman–Crippen MR) is 121 cm³/mol. The number of aromatic hydroxyl groups is 1. The summed E-state index contributed by atoms with van der Waals surface area (Å²) in [6, 6.07) is 17.0. The lowest BCUT2D eigenvalue weighted by molar-refractivity contribution is -0.384. The van der Waals surface area contributed by atoms with Crippen LogP contribution < -0.4 is 15.0 Å². The van der Waals surface area contributed by atoms with E-state index in [1.807, 2.05) is 0 Å². The number of urea groups is 1. The Bertz CT molecular complexity index is 1320. The van der Waals surface area contributed by atoms with Gasteiger partial charge in [0.1, 0.15) is 23.7 Å². The largest absolute Gasteiger partial charge is 0.508 e. The Hall–Kier alpha value is -4.99. The van der Waals surface area contributed by atoms with E-state index in [4.69, 9.17) is 4.74 Å². The first-order valence-electron chi connectivity index (χ1n) is 9.99. The van der Waals surface area contributed by atoms with Gasteiger partial charge in [0.25, 0.3) is 17.5 Å². The molecule has 0 unspecified atom stereocenters. The van der Waals surface area contributed by atoms with Gasteiger partial charge in [-0.3, -0.25) is 25.0 Å². The number of non-ortho nitro benzene ring substituents is 1. The van der Waals surface area contributed by atoms with Gasteiger partial charge in [-0.05, 0) is 54.1 Å². The van der Waals surface area contributed by atoms with E-state index >= 15 is 0 Å².